The molecule has 0 aliphatic carbocycles. The van der Waals surface area contributed by atoms with Gasteiger partial charge < -0.3 is 14.9 Å². The van der Waals surface area contributed by atoms with E-state index in [1.807, 2.05) is 0 Å². The van der Waals surface area contributed by atoms with Crippen molar-refractivity contribution in [2.75, 3.05) is 6.61 Å². The third-order valence-electron chi connectivity index (χ3n) is 2.96. The molecule has 0 unspecified atom stereocenters. The Kier molecular flexibility index (Phi) is 3.97. The van der Waals surface area contributed by atoms with Crippen molar-refractivity contribution in [2.45, 2.75) is 24.5 Å². The summed E-state index contributed by atoms with van der Waals surface area (Å²) in [5, 5.41) is 22.4. The van der Waals surface area contributed by atoms with E-state index in [2.05, 4.69) is 30.9 Å². The Bertz CT molecular complexity index is 680. The van der Waals surface area contributed by atoms with Crippen LogP contribution in [0.1, 0.15) is 12.6 Å². The third-order valence-corrected chi connectivity index (χ3v) is 3.53. The van der Waals surface area contributed by atoms with Crippen LogP contribution in [0.4, 0.5) is 0 Å². The van der Waals surface area contributed by atoms with Gasteiger partial charge >= 0.3 is 5.69 Å². The van der Waals surface area contributed by atoms with Crippen molar-refractivity contribution in [3.63, 3.8) is 0 Å². The number of azide groups is 1. The predicted molar refractivity (Wildman–Crippen MR) is 68.7 cm³/mol. The molecule has 1 aliphatic heterocycles. The first-order valence-electron chi connectivity index (χ1n) is 5.47. The summed E-state index contributed by atoms with van der Waals surface area (Å²) in [6.45, 7) is -0.742. The second kappa shape index (κ2) is 5.38. The highest BCUT2D eigenvalue weighted by Gasteiger charge is 2.48. The van der Waals surface area contributed by atoms with Gasteiger partial charge in [0.15, 0.2) is 5.72 Å². The number of H-pyrrole nitrogens is 1. The van der Waals surface area contributed by atoms with Crippen molar-refractivity contribution in [2.24, 2.45) is 5.11 Å². The van der Waals surface area contributed by atoms with E-state index in [9.17, 15) is 19.8 Å². The summed E-state index contributed by atoms with van der Waals surface area (Å²) >= 11 is 2.97. The van der Waals surface area contributed by atoms with Crippen LogP contribution in [-0.4, -0.2) is 38.2 Å². The summed E-state index contributed by atoms with van der Waals surface area (Å²) in [4.78, 5) is 27.5. The van der Waals surface area contributed by atoms with Gasteiger partial charge in [-0.25, -0.2) is 4.79 Å². The third kappa shape index (κ3) is 2.37. The molecule has 0 aromatic carbocycles. The molecule has 0 bridgehead atoms. The fourth-order valence-electron chi connectivity index (χ4n) is 1.92. The molecule has 11 heteroatoms. The molecule has 1 aliphatic rings. The van der Waals surface area contributed by atoms with E-state index in [0.29, 0.717) is 0 Å². The average molecular weight is 348 g/mol. The normalized spacial score (nSPS) is 29.1. The highest BCUT2D eigenvalue weighted by molar-refractivity contribution is 9.10. The summed E-state index contributed by atoms with van der Waals surface area (Å²) in [5.41, 5.74) is 5.27. The molecule has 1 saturated heterocycles. The second-order valence-corrected chi connectivity index (χ2v) is 5.01. The van der Waals surface area contributed by atoms with Gasteiger partial charge in [-0.05, 0) is 21.5 Å². The molecule has 3 N–H and O–H groups in total. The molecular formula is C9H10BrN5O5. The Morgan fingerprint density at radius 3 is 3.00 bits per heavy atom. The first-order chi connectivity index (χ1) is 9.43. The van der Waals surface area contributed by atoms with Gasteiger partial charge in [0.05, 0.1) is 17.2 Å². The molecule has 0 saturated carbocycles. The van der Waals surface area contributed by atoms with Gasteiger partial charge in [-0.15, -0.1) is 0 Å². The molecule has 3 atom stereocenters. The average Bonchev–Trinajstić information content (AvgIpc) is 2.72. The largest absolute Gasteiger partial charge is 0.393 e. The topological polar surface area (TPSA) is 153 Å². The van der Waals surface area contributed by atoms with Crippen LogP contribution in [0.25, 0.3) is 10.4 Å². The predicted octanol–water partition coefficient (Wildman–Crippen LogP) is -0.422. The van der Waals surface area contributed by atoms with E-state index >= 15 is 0 Å². The first-order valence-corrected chi connectivity index (χ1v) is 6.27. The first kappa shape index (κ1) is 14.8. The molecule has 108 valence electrons. The van der Waals surface area contributed by atoms with Crippen LogP contribution < -0.4 is 11.2 Å². The smallest absolute Gasteiger partial charge is 0.330 e. The van der Waals surface area contributed by atoms with Crippen LogP contribution in [-0.2, 0) is 4.74 Å². The van der Waals surface area contributed by atoms with Gasteiger partial charge in [-0.1, -0.05) is 5.11 Å². The molecule has 10 nitrogen and oxygen atoms in total. The quantitative estimate of drug-likeness (QED) is 0.384. The number of aromatic amines is 1. The lowest BCUT2D eigenvalue weighted by Crippen LogP contribution is -2.41. The summed E-state index contributed by atoms with van der Waals surface area (Å²) in [7, 11) is 0. The number of ether oxygens (including phenoxy) is 1. The maximum Gasteiger partial charge on any atom is 0.330 e. The number of rotatable bonds is 3. The van der Waals surface area contributed by atoms with E-state index in [1.165, 1.54) is 6.20 Å². The minimum absolute atomic E-state index is 0.0853. The summed E-state index contributed by atoms with van der Waals surface area (Å²) in [6.07, 6.45) is -1.16. The van der Waals surface area contributed by atoms with Crippen LogP contribution >= 0.6 is 15.9 Å². The molecular weight excluding hydrogens is 338 g/mol. The second-order valence-electron chi connectivity index (χ2n) is 4.16. The van der Waals surface area contributed by atoms with Crippen LogP contribution in [0.3, 0.4) is 0 Å². The highest BCUT2D eigenvalue weighted by atomic mass is 79.9. The molecule has 1 fully saturated rings. The number of halogens is 1. The van der Waals surface area contributed by atoms with Gasteiger partial charge in [0.2, 0.25) is 0 Å². The molecule has 2 heterocycles. The van der Waals surface area contributed by atoms with Crippen molar-refractivity contribution in [3.8, 4) is 0 Å². The minimum atomic E-state index is -1.85. The Labute approximate surface area is 119 Å². The van der Waals surface area contributed by atoms with E-state index in [0.717, 1.165) is 4.57 Å². The minimum Gasteiger partial charge on any atom is -0.393 e. The lowest BCUT2D eigenvalue weighted by Gasteiger charge is -2.24. The van der Waals surface area contributed by atoms with E-state index in [4.69, 9.17) is 10.3 Å². The molecule has 0 amide bonds. The number of hydrogen-bond acceptors (Lipinski definition) is 6. The van der Waals surface area contributed by atoms with Crippen LogP contribution in [0.15, 0.2) is 25.4 Å². The van der Waals surface area contributed by atoms with Crippen molar-refractivity contribution in [1.29, 1.82) is 0 Å². The van der Waals surface area contributed by atoms with Crippen molar-refractivity contribution in [3.05, 3.63) is 42.0 Å². The maximum atomic E-state index is 11.7. The number of aliphatic hydroxyl groups excluding tert-OH is 2. The zero-order valence-electron chi connectivity index (χ0n) is 9.93. The number of aromatic nitrogens is 2. The van der Waals surface area contributed by atoms with Gasteiger partial charge in [0.1, 0.15) is 6.23 Å². The van der Waals surface area contributed by atoms with Crippen LogP contribution in [0.5, 0.6) is 0 Å². The molecule has 1 aromatic heterocycles. The highest BCUT2D eigenvalue weighted by Crippen LogP contribution is 2.37. The van der Waals surface area contributed by atoms with Crippen molar-refractivity contribution >= 4 is 15.9 Å². The summed E-state index contributed by atoms with van der Waals surface area (Å²) < 4.78 is 6.44. The van der Waals surface area contributed by atoms with E-state index < -0.39 is 35.9 Å². The Balaban J connectivity index is 2.43. The van der Waals surface area contributed by atoms with Gasteiger partial charge in [0.25, 0.3) is 5.56 Å². The molecule has 20 heavy (non-hydrogen) atoms. The molecule has 2 rings (SSSR count). The van der Waals surface area contributed by atoms with Crippen molar-refractivity contribution < 1.29 is 14.9 Å². The molecule has 0 spiro atoms. The zero-order valence-corrected chi connectivity index (χ0v) is 11.5. The number of aliphatic hydroxyl groups is 2. The maximum absolute atomic E-state index is 11.7. The summed E-state index contributed by atoms with van der Waals surface area (Å²) in [5.74, 6) is 0. The Morgan fingerprint density at radius 2 is 2.40 bits per heavy atom. The molecule has 0 radical (unpaired) electrons. The summed E-state index contributed by atoms with van der Waals surface area (Å²) in [6, 6.07) is 0. The van der Waals surface area contributed by atoms with Gasteiger partial charge in [0, 0.05) is 17.5 Å². The number of hydrogen-bond donors (Lipinski definition) is 3. The van der Waals surface area contributed by atoms with Crippen molar-refractivity contribution in [1.82, 2.24) is 9.55 Å². The lowest BCUT2D eigenvalue weighted by atomic mass is 10.1. The SMILES string of the molecule is [N-]=[N+]=N[C@]1(CO)O[C@H](n2cc(Br)c(=O)[nH]c2=O)C[C@@H]1O. The van der Waals surface area contributed by atoms with Crippen LogP contribution in [0.2, 0.25) is 0 Å². The van der Waals surface area contributed by atoms with Gasteiger partial charge in [-0.3, -0.25) is 14.3 Å². The van der Waals surface area contributed by atoms with E-state index in [1.54, 1.807) is 0 Å². The van der Waals surface area contributed by atoms with Crippen LogP contribution in [0, 0.1) is 0 Å². The lowest BCUT2D eigenvalue weighted by molar-refractivity contribution is -0.124. The number of nitrogens with one attached hydrogen (secondary N) is 1. The Hall–Kier alpha value is -1.65. The number of nitrogens with zero attached hydrogens (tertiary/aromatic N) is 4. The van der Waals surface area contributed by atoms with Gasteiger partial charge in [-0.2, -0.15) is 0 Å². The zero-order chi connectivity index (χ0) is 14.9. The van der Waals surface area contributed by atoms with E-state index in [-0.39, 0.29) is 10.9 Å². The fourth-order valence-corrected chi connectivity index (χ4v) is 2.24. The Morgan fingerprint density at radius 1 is 1.70 bits per heavy atom. The molecule has 1 aromatic rings. The fraction of sp³-hybridized carbons (Fsp3) is 0.556. The monoisotopic (exact) mass is 347 g/mol. The standard InChI is InChI=1S/C9H10BrN5O5/c10-4-2-15(8(19)12-7(4)18)6-1-5(17)9(3-16,20-6)13-14-11/h2,5-6,16-17H,1,3H2,(H,12,18,19)/t5-,6-,9+/m0/s1.